The van der Waals surface area contributed by atoms with Gasteiger partial charge in [-0.2, -0.15) is 0 Å². The van der Waals surface area contributed by atoms with Crippen LogP contribution in [0.5, 0.6) is 0 Å². The first-order chi connectivity index (χ1) is 7.56. The lowest BCUT2D eigenvalue weighted by Gasteiger charge is -2.22. The molecule has 0 atom stereocenters. The van der Waals surface area contributed by atoms with Gasteiger partial charge in [-0.25, -0.2) is 4.98 Å². The lowest BCUT2D eigenvalue weighted by molar-refractivity contribution is -0.135. The van der Waals surface area contributed by atoms with Crippen molar-refractivity contribution in [3.05, 3.63) is 23.4 Å². The molecule has 1 saturated carbocycles. The summed E-state index contributed by atoms with van der Waals surface area (Å²) >= 11 is 0. The number of rotatable bonds is 4. The summed E-state index contributed by atoms with van der Waals surface area (Å²) in [7, 11) is 0. The van der Waals surface area contributed by atoms with Gasteiger partial charge in [-0.3, -0.25) is 4.79 Å². The Bertz CT molecular complexity index is 393. The van der Waals surface area contributed by atoms with Gasteiger partial charge in [-0.1, -0.05) is 0 Å². The van der Waals surface area contributed by atoms with Crippen molar-refractivity contribution >= 4 is 11.8 Å². The summed E-state index contributed by atoms with van der Waals surface area (Å²) in [6.45, 7) is 3.98. The van der Waals surface area contributed by atoms with Crippen LogP contribution in [0.15, 0.2) is 12.1 Å². The molecule has 4 heteroatoms. The molecule has 1 fully saturated rings. The zero-order valence-corrected chi connectivity index (χ0v) is 9.60. The van der Waals surface area contributed by atoms with Crippen LogP contribution in [0.4, 0.5) is 5.82 Å². The standard InChI is InChI=1S/C12H16N2O2/c1-8-5-9(2)13-11(6-8)14(7-12(15)16)10-3-4-10/h5-6,10H,3-4,7H2,1-2H3,(H,15,16). The number of aryl methyl sites for hydroxylation is 2. The Kier molecular flexibility index (Phi) is 2.81. The molecule has 0 aliphatic heterocycles. The number of aromatic nitrogens is 1. The Morgan fingerprint density at radius 1 is 1.50 bits per heavy atom. The Labute approximate surface area is 94.9 Å². The van der Waals surface area contributed by atoms with Crippen LogP contribution in [-0.4, -0.2) is 28.6 Å². The number of aliphatic carboxylic acids is 1. The van der Waals surface area contributed by atoms with E-state index >= 15 is 0 Å². The number of hydrogen-bond donors (Lipinski definition) is 1. The minimum Gasteiger partial charge on any atom is -0.480 e. The smallest absolute Gasteiger partial charge is 0.323 e. The third kappa shape index (κ3) is 2.51. The van der Waals surface area contributed by atoms with Crippen LogP contribution in [0, 0.1) is 13.8 Å². The normalized spacial score (nSPS) is 14.9. The molecule has 1 aliphatic carbocycles. The molecular formula is C12H16N2O2. The number of carboxylic acid groups (broad SMARTS) is 1. The van der Waals surface area contributed by atoms with Crippen LogP contribution in [0.1, 0.15) is 24.1 Å². The summed E-state index contributed by atoms with van der Waals surface area (Å²) in [5.74, 6) is -0.00439. The molecule has 0 amide bonds. The highest BCUT2D eigenvalue weighted by atomic mass is 16.4. The summed E-state index contributed by atoms with van der Waals surface area (Å²) in [5, 5.41) is 8.89. The third-order valence-corrected chi connectivity index (χ3v) is 2.67. The first-order valence-corrected chi connectivity index (χ1v) is 5.50. The molecule has 1 aliphatic rings. The molecule has 16 heavy (non-hydrogen) atoms. The van der Waals surface area contributed by atoms with E-state index in [-0.39, 0.29) is 6.54 Å². The van der Waals surface area contributed by atoms with E-state index in [4.69, 9.17) is 5.11 Å². The van der Waals surface area contributed by atoms with Crippen molar-refractivity contribution < 1.29 is 9.90 Å². The van der Waals surface area contributed by atoms with E-state index in [0.717, 1.165) is 29.9 Å². The molecule has 86 valence electrons. The minimum absolute atomic E-state index is 0.0422. The molecule has 0 radical (unpaired) electrons. The molecule has 1 aromatic heterocycles. The second kappa shape index (κ2) is 4.12. The van der Waals surface area contributed by atoms with Crippen molar-refractivity contribution in [3.8, 4) is 0 Å². The maximum atomic E-state index is 10.8. The van der Waals surface area contributed by atoms with Gasteiger partial charge in [-0.15, -0.1) is 0 Å². The van der Waals surface area contributed by atoms with Gasteiger partial charge in [-0.05, 0) is 44.4 Å². The lowest BCUT2D eigenvalue weighted by Crippen LogP contribution is -2.32. The molecule has 2 rings (SSSR count). The van der Waals surface area contributed by atoms with Gasteiger partial charge in [0, 0.05) is 11.7 Å². The van der Waals surface area contributed by atoms with Crippen LogP contribution in [-0.2, 0) is 4.79 Å². The molecule has 0 aromatic carbocycles. The third-order valence-electron chi connectivity index (χ3n) is 2.67. The predicted molar refractivity (Wildman–Crippen MR) is 61.7 cm³/mol. The van der Waals surface area contributed by atoms with Crippen LogP contribution in [0.3, 0.4) is 0 Å². The highest BCUT2D eigenvalue weighted by molar-refractivity contribution is 5.73. The Morgan fingerprint density at radius 3 is 2.69 bits per heavy atom. The molecule has 1 N–H and O–H groups in total. The first kappa shape index (κ1) is 10.9. The van der Waals surface area contributed by atoms with Crippen LogP contribution < -0.4 is 4.90 Å². The van der Waals surface area contributed by atoms with Crippen molar-refractivity contribution in [1.29, 1.82) is 0 Å². The Balaban J connectivity index is 2.26. The first-order valence-electron chi connectivity index (χ1n) is 5.50. The Hall–Kier alpha value is -1.58. The SMILES string of the molecule is Cc1cc(C)nc(N(CC(=O)O)C2CC2)c1. The van der Waals surface area contributed by atoms with E-state index in [9.17, 15) is 4.79 Å². The van der Waals surface area contributed by atoms with Gasteiger partial charge in [0.05, 0.1) is 0 Å². The fourth-order valence-electron chi connectivity index (χ4n) is 1.90. The van der Waals surface area contributed by atoms with Crippen LogP contribution in [0.2, 0.25) is 0 Å². The van der Waals surface area contributed by atoms with Crippen LogP contribution in [0.25, 0.3) is 0 Å². The van der Waals surface area contributed by atoms with Gasteiger partial charge in [0.15, 0.2) is 0 Å². The van der Waals surface area contributed by atoms with E-state index in [2.05, 4.69) is 4.98 Å². The molecular weight excluding hydrogens is 204 g/mol. The number of carbonyl (C=O) groups is 1. The zero-order chi connectivity index (χ0) is 11.7. The molecule has 0 spiro atoms. The molecule has 0 unspecified atom stereocenters. The van der Waals surface area contributed by atoms with Gasteiger partial charge in [0.25, 0.3) is 0 Å². The maximum Gasteiger partial charge on any atom is 0.323 e. The second-order valence-corrected chi connectivity index (χ2v) is 4.40. The molecule has 1 heterocycles. The molecule has 0 bridgehead atoms. The van der Waals surface area contributed by atoms with Crippen molar-refractivity contribution in [3.63, 3.8) is 0 Å². The van der Waals surface area contributed by atoms with Gasteiger partial charge in [0.1, 0.15) is 12.4 Å². The lowest BCUT2D eigenvalue weighted by atomic mass is 10.2. The van der Waals surface area contributed by atoms with Crippen molar-refractivity contribution in [2.45, 2.75) is 32.7 Å². The second-order valence-electron chi connectivity index (χ2n) is 4.40. The monoisotopic (exact) mass is 220 g/mol. The maximum absolute atomic E-state index is 10.8. The van der Waals surface area contributed by atoms with Gasteiger partial charge < -0.3 is 10.0 Å². The summed E-state index contributed by atoms with van der Waals surface area (Å²) < 4.78 is 0. The van der Waals surface area contributed by atoms with Gasteiger partial charge >= 0.3 is 5.97 Å². The number of carboxylic acids is 1. The zero-order valence-electron chi connectivity index (χ0n) is 9.60. The van der Waals surface area contributed by atoms with Crippen molar-refractivity contribution in [2.24, 2.45) is 0 Å². The fraction of sp³-hybridized carbons (Fsp3) is 0.500. The number of nitrogens with zero attached hydrogens (tertiary/aromatic N) is 2. The van der Waals surface area contributed by atoms with Crippen molar-refractivity contribution in [2.75, 3.05) is 11.4 Å². The number of hydrogen-bond acceptors (Lipinski definition) is 3. The quantitative estimate of drug-likeness (QED) is 0.840. The summed E-state index contributed by atoms with van der Waals surface area (Å²) in [4.78, 5) is 17.1. The largest absolute Gasteiger partial charge is 0.480 e. The van der Waals surface area contributed by atoms with E-state index in [1.165, 1.54) is 0 Å². The number of pyridine rings is 1. The van der Waals surface area contributed by atoms with E-state index in [1.807, 2.05) is 30.9 Å². The number of anilines is 1. The highest BCUT2D eigenvalue weighted by Gasteiger charge is 2.31. The summed E-state index contributed by atoms with van der Waals surface area (Å²) in [6.07, 6.45) is 2.14. The Morgan fingerprint density at radius 2 is 2.19 bits per heavy atom. The van der Waals surface area contributed by atoms with E-state index in [0.29, 0.717) is 6.04 Å². The molecule has 1 aromatic rings. The van der Waals surface area contributed by atoms with E-state index in [1.54, 1.807) is 0 Å². The van der Waals surface area contributed by atoms with Crippen molar-refractivity contribution in [1.82, 2.24) is 4.98 Å². The average molecular weight is 220 g/mol. The fourth-order valence-corrected chi connectivity index (χ4v) is 1.90. The predicted octanol–water partition coefficient (Wildman–Crippen LogP) is 1.75. The van der Waals surface area contributed by atoms with Crippen LogP contribution >= 0.6 is 0 Å². The average Bonchev–Trinajstić information content (AvgIpc) is 2.95. The topological polar surface area (TPSA) is 53.4 Å². The minimum atomic E-state index is -0.798. The van der Waals surface area contributed by atoms with Gasteiger partial charge in [0.2, 0.25) is 0 Å². The highest BCUT2D eigenvalue weighted by Crippen LogP contribution is 2.30. The summed E-state index contributed by atoms with van der Waals surface area (Å²) in [5.41, 5.74) is 2.06. The molecule has 0 saturated heterocycles. The summed E-state index contributed by atoms with van der Waals surface area (Å²) in [6, 6.07) is 4.31. The molecule has 4 nitrogen and oxygen atoms in total. The van der Waals surface area contributed by atoms with E-state index < -0.39 is 5.97 Å².